The Morgan fingerprint density at radius 1 is 1.21 bits per heavy atom. The summed E-state index contributed by atoms with van der Waals surface area (Å²) in [6.45, 7) is 1.17. The zero-order valence-electron chi connectivity index (χ0n) is 7.89. The predicted octanol–water partition coefficient (Wildman–Crippen LogP) is 3.71. The third-order valence-corrected chi connectivity index (χ3v) is 4.30. The van der Waals surface area contributed by atoms with E-state index in [1.54, 1.807) is 0 Å². The van der Waals surface area contributed by atoms with Crippen molar-refractivity contribution in [2.45, 2.75) is 25.3 Å². The molecule has 1 aromatic rings. The van der Waals surface area contributed by atoms with Crippen molar-refractivity contribution < 1.29 is 0 Å². The van der Waals surface area contributed by atoms with E-state index >= 15 is 0 Å². The first kappa shape index (κ1) is 11.1. The van der Waals surface area contributed by atoms with E-state index in [1.807, 2.05) is 0 Å². The molecule has 1 nitrogen and oxygen atoms in total. The van der Waals surface area contributed by atoms with Crippen LogP contribution in [0.1, 0.15) is 30.9 Å². The normalized spacial score (nSPS) is 22.3. The van der Waals surface area contributed by atoms with Crippen LogP contribution < -0.4 is 5.32 Å². The molecule has 1 aromatic carbocycles. The van der Waals surface area contributed by atoms with Crippen LogP contribution in [-0.4, -0.2) is 6.54 Å². The third kappa shape index (κ3) is 2.61. The van der Waals surface area contributed by atoms with E-state index in [-0.39, 0.29) is 0 Å². The fraction of sp³-hybridized carbons (Fsp3) is 0.455. The summed E-state index contributed by atoms with van der Waals surface area (Å²) in [5.41, 5.74) is 1.48. The minimum absolute atomic E-state index is 0.588. The number of rotatable bonds is 1. The Labute approximate surface area is 112 Å². The molecule has 0 aliphatic carbocycles. The van der Waals surface area contributed by atoms with Crippen LogP contribution in [0.5, 0.6) is 0 Å². The standard InChI is InChI=1S/C11H13I2N/c12-8-4-5-10(13)9(7-8)11-3-1-2-6-14-11/h4-5,7,11,14H,1-3,6H2/t11-/m0/s1. The predicted molar refractivity (Wildman–Crippen MR) is 76.5 cm³/mol. The molecule has 1 N–H and O–H groups in total. The van der Waals surface area contributed by atoms with Crippen LogP contribution in [0.3, 0.4) is 0 Å². The Kier molecular flexibility index (Phi) is 4.07. The zero-order chi connectivity index (χ0) is 9.97. The number of benzene rings is 1. The van der Waals surface area contributed by atoms with Gasteiger partial charge in [-0.2, -0.15) is 0 Å². The number of nitrogens with one attached hydrogen (secondary N) is 1. The van der Waals surface area contributed by atoms with Crippen LogP contribution in [0, 0.1) is 7.14 Å². The van der Waals surface area contributed by atoms with E-state index < -0.39 is 0 Å². The van der Waals surface area contributed by atoms with Gasteiger partial charge in [0.05, 0.1) is 0 Å². The van der Waals surface area contributed by atoms with Crippen LogP contribution in [-0.2, 0) is 0 Å². The molecule has 0 unspecified atom stereocenters. The highest BCUT2D eigenvalue weighted by atomic mass is 127. The van der Waals surface area contributed by atoms with Crippen LogP contribution in [0.4, 0.5) is 0 Å². The summed E-state index contributed by atoms with van der Waals surface area (Å²) in [7, 11) is 0. The first-order valence-electron chi connectivity index (χ1n) is 4.96. The van der Waals surface area contributed by atoms with Crippen molar-refractivity contribution in [1.82, 2.24) is 5.32 Å². The Balaban J connectivity index is 2.24. The van der Waals surface area contributed by atoms with Crippen molar-refractivity contribution in [2.75, 3.05) is 6.54 Å². The van der Waals surface area contributed by atoms with E-state index in [4.69, 9.17) is 0 Å². The summed E-state index contributed by atoms with van der Waals surface area (Å²) < 4.78 is 2.73. The van der Waals surface area contributed by atoms with Gasteiger partial charge >= 0.3 is 0 Å². The molecule has 0 amide bonds. The molecule has 0 spiro atoms. The van der Waals surface area contributed by atoms with Gasteiger partial charge < -0.3 is 5.32 Å². The average Bonchev–Trinajstić information content (AvgIpc) is 2.23. The summed E-state index contributed by atoms with van der Waals surface area (Å²) in [5, 5.41) is 3.60. The Hall–Kier alpha value is 0.640. The lowest BCUT2D eigenvalue weighted by atomic mass is 9.98. The number of hydrogen-bond acceptors (Lipinski definition) is 1. The van der Waals surface area contributed by atoms with Crippen molar-refractivity contribution in [3.63, 3.8) is 0 Å². The molecule has 1 saturated heterocycles. The monoisotopic (exact) mass is 413 g/mol. The van der Waals surface area contributed by atoms with Gasteiger partial charge in [-0.15, -0.1) is 0 Å². The summed E-state index contributed by atoms with van der Waals surface area (Å²) in [5.74, 6) is 0. The molecule has 2 rings (SSSR count). The lowest BCUT2D eigenvalue weighted by Crippen LogP contribution is -2.27. The van der Waals surface area contributed by atoms with Gasteiger partial charge in [-0.1, -0.05) is 6.42 Å². The Morgan fingerprint density at radius 3 is 2.79 bits per heavy atom. The molecule has 3 heteroatoms. The SMILES string of the molecule is Ic1ccc(I)c([C@@H]2CCCCN2)c1. The molecule has 1 fully saturated rings. The maximum atomic E-state index is 3.60. The fourth-order valence-electron chi connectivity index (χ4n) is 1.90. The highest BCUT2D eigenvalue weighted by Crippen LogP contribution is 2.28. The largest absolute Gasteiger partial charge is 0.310 e. The van der Waals surface area contributed by atoms with Gasteiger partial charge in [0.1, 0.15) is 0 Å². The molecule has 1 heterocycles. The summed E-state index contributed by atoms with van der Waals surface area (Å²) >= 11 is 4.82. The summed E-state index contributed by atoms with van der Waals surface area (Å²) in [6.07, 6.45) is 3.98. The fourth-order valence-corrected chi connectivity index (χ4v) is 3.13. The van der Waals surface area contributed by atoms with Crippen LogP contribution >= 0.6 is 45.2 Å². The molecule has 1 atom stereocenters. The summed E-state index contributed by atoms with van der Waals surface area (Å²) in [6, 6.07) is 7.29. The van der Waals surface area contributed by atoms with Gasteiger partial charge in [0.25, 0.3) is 0 Å². The number of piperidine rings is 1. The van der Waals surface area contributed by atoms with Gasteiger partial charge in [0.15, 0.2) is 0 Å². The van der Waals surface area contributed by atoms with Crippen molar-refractivity contribution in [3.05, 3.63) is 30.9 Å². The van der Waals surface area contributed by atoms with Gasteiger partial charge in [-0.3, -0.25) is 0 Å². The van der Waals surface area contributed by atoms with E-state index in [0.29, 0.717) is 6.04 Å². The highest BCUT2D eigenvalue weighted by Gasteiger charge is 2.16. The molecule has 0 saturated carbocycles. The van der Waals surface area contributed by atoms with Crippen molar-refractivity contribution in [3.8, 4) is 0 Å². The van der Waals surface area contributed by atoms with Gasteiger partial charge in [-0.25, -0.2) is 0 Å². The smallest absolute Gasteiger partial charge is 0.0331 e. The van der Waals surface area contributed by atoms with Gasteiger partial charge in [0.2, 0.25) is 0 Å². The van der Waals surface area contributed by atoms with E-state index in [9.17, 15) is 0 Å². The van der Waals surface area contributed by atoms with Gasteiger partial charge in [-0.05, 0) is 88.3 Å². The second-order valence-electron chi connectivity index (χ2n) is 3.67. The molecular weight excluding hydrogens is 400 g/mol. The van der Waals surface area contributed by atoms with E-state index in [0.717, 1.165) is 0 Å². The van der Waals surface area contributed by atoms with Crippen LogP contribution in [0.25, 0.3) is 0 Å². The quantitative estimate of drug-likeness (QED) is 0.693. The average molecular weight is 413 g/mol. The molecule has 76 valence electrons. The number of halogens is 2. The lowest BCUT2D eigenvalue weighted by Gasteiger charge is -2.24. The van der Waals surface area contributed by atoms with Crippen LogP contribution in [0.2, 0.25) is 0 Å². The second-order valence-corrected chi connectivity index (χ2v) is 6.08. The molecule has 1 aliphatic heterocycles. The van der Waals surface area contributed by atoms with E-state index in [1.165, 1.54) is 38.5 Å². The van der Waals surface area contributed by atoms with Crippen molar-refractivity contribution >= 4 is 45.2 Å². The first-order valence-corrected chi connectivity index (χ1v) is 7.11. The Bertz CT molecular complexity index is 319. The lowest BCUT2D eigenvalue weighted by molar-refractivity contribution is 0.411. The maximum Gasteiger partial charge on any atom is 0.0331 e. The van der Waals surface area contributed by atoms with Crippen molar-refractivity contribution in [1.29, 1.82) is 0 Å². The van der Waals surface area contributed by atoms with Crippen molar-refractivity contribution in [2.24, 2.45) is 0 Å². The zero-order valence-corrected chi connectivity index (χ0v) is 12.2. The minimum atomic E-state index is 0.588. The topological polar surface area (TPSA) is 12.0 Å². The third-order valence-electron chi connectivity index (χ3n) is 2.64. The molecule has 0 radical (unpaired) electrons. The molecule has 0 aromatic heterocycles. The van der Waals surface area contributed by atoms with E-state index in [2.05, 4.69) is 68.7 Å². The molecule has 14 heavy (non-hydrogen) atoms. The minimum Gasteiger partial charge on any atom is -0.310 e. The van der Waals surface area contributed by atoms with Crippen LogP contribution in [0.15, 0.2) is 18.2 Å². The number of hydrogen-bond donors (Lipinski definition) is 1. The first-order chi connectivity index (χ1) is 6.77. The summed E-state index contributed by atoms with van der Waals surface area (Å²) in [4.78, 5) is 0. The highest BCUT2D eigenvalue weighted by molar-refractivity contribution is 14.1. The molecular formula is C11H13I2N. The maximum absolute atomic E-state index is 3.60. The van der Waals surface area contributed by atoms with Gasteiger partial charge in [0, 0.05) is 13.2 Å². The Morgan fingerprint density at radius 2 is 2.07 bits per heavy atom. The molecule has 0 bridgehead atoms. The second kappa shape index (κ2) is 5.12. The molecule has 1 aliphatic rings.